The van der Waals surface area contributed by atoms with E-state index in [1.54, 1.807) is 35.5 Å². The topological polar surface area (TPSA) is 105 Å². The van der Waals surface area contributed by atoms with E-state index in [1.165, 1.54) is 18.2 Å². The highest BCUT2D eigenvalue weighted by Gasteiger charge is 2.24. The SMILES string of the molecule is O=C(NCC1CCN(C(=O)c2cccnc2)CC1)c1cccc([N+](=O)[O-])c1. The number of nitrogens with one attached hydrogen (secondary N) is 1. The Morgan fingerprint density at radius 1 is 1.19 bits per heavy atom. The summed E-state index contributed by atoms with van der Waals surface area (Å²) in [5.41, 5.74) is 0.744. The van der Waals surface area contributed by atoms with Crippen LogP contribution in [0.4, 0.5) is 5.69 Å². The molecule has 0 atom stereocenters. The van der Waals surface area contributed by atoms with E-state index in [2.05, 4.69) is 10.3 Å². The molecule has 1 N–H and O–H groups in total. The Hall–Kier alpha value is -3.29. The summed E-state index contributed by atoms with van der Waals surface area (Å²) < 4.78 is 0. The van der Waals surface area contributed by atoms with Gasteiger partial charge in [0, 0.05) is 49.7 Å². The Labute approximate surface area is 156 Å². The minimum Gasteiger partial charge on any atom is -0.352 e. The van der Waals surface area contributed by atoms with Crippen LogP contribution in [0.3, 0.4) is 0 Å². The molecule has 8 heteroatoms. The molecule has 1 aromatic carbocycles. The van der Waals surface area contributed by atoms with E-state index < -0.39 is 4.92 Å². The molecule has 0 spiro atoms. The smallest absolute Gasteiger partial charge is 0.270 e. The summed E-state index contributed by atoms with van der Waals surface area (Å²) in [5.74, 6) is -0.0830. The fourth-order valence-corrected chi connectivity index (χ4v) is 3.11. The lowest BCUT2D eigenvalue weighted by atomic mass is 9.96. The molecule has 0 radical (unpaired) electrons. The number of hydrogen-bond donors (Lipinski definition) is 1. The van der Waals surface area contributed by atoms with E-state index in [9.17, 15) is 19.7 Å². The van der Waals surface area contributed by atoms with Gasteiger partial charge in [0.15, 0.2) is 0 Å². The molecule has 1 aliphatic rings. The number of piperidine rings is 1. The minimum absolute atomic E-state index is 0.0258. The van der Waals surface area contributed by atoms with Gasteiger partial charge in [-0.15, -0.1) is 0 Å². The highest BCUT2D eigenvalue weighted by atomic mass is 16.6. The van der Waals surface area contributed by atoms with Crippen LogP contribution in [0.1, 0.15) is 33.6 Å². The molecule has 2 amide bonds. The highest BCUT2D eigenvalue weighted by molar-refractivity contribution is 5.95. The zero-order valence-corrected chi connectivity index (χ0v) is 14.7. The molecule has 8 nitrogen and oxygen atoms in total. The van der Waals surface area contributed by atoms with Crippen LogP contribution in [-0.2, 0) is 0 Å². The van der Waals surface area contributed by atoms with Crippen LogP contribution in [0.2, 0.25) is 0 Å². The Kier molecular flexibility index (Phi) is 5.75. The molecule has 1 saturated heterocycles. The molecule has 1 aromatic heterocycles. The predicted molar refractivity (Wildman–Crippen MR) is 98.3 cm³/mol. The van der Waals surface area contributed by atoms with Gasteiger partial charge in [-0.05, 0) is 37.0 Å². The molecule has 0 bridgehead atoms. The van der Waals surface area contributed by atoms with Gasteiger partial charge in [0.2, 0.25) is 0 Å². The maximum Gasteiger partial charge on any atom is 0.270 e. The fourth-order valence-electron chi connectivity index (χ4n) is 3.11. The zero-order valence-electron chi connectivity index (χ0n) is 14.7. The molecule has 140 valence electrons. The number of non-ortho nitro benzene ring substituents is 1. The number of pyridine rings is 1. The van der Waals surface area contributed by atoms with Gasteiger partial charge in [-0.25, -0.2) is 0 Å². The number of hydrogen-bond acceptors (Lipinski definition) is 5. The largest absolute Gasteiger partial charge is 0.352 e. The van der Waals surface area contributed by atoms with Crippen molar-refractivity contribution in [1.82, 2.24) is 15.2 Å². The van der Waals surface area contributed by atoms with E-state index in [4.69, 9.17) is 0 Å². The summed E-state index contributed by atoms with van der Waals surface area (Å²) in [5, 5.41) is 13.6. The first-order valence-corrected chi connectivity index (χ1v) is 8.76. The van der Waals surface area contributed by atoms with Gasteiger partial charge in [-0.3, -0.25) is 24.7 Å². The van der Waals surface area contributed by atoms with Gasteiger partial charge >= 0.3 is 0 Å². The number of nitro benzene ring substituents is 1. The average molecular weight is 368 g/mol. The number of nitrogens with zero attached hydrogens (tertiary/aromatic N) is 3. The normalized spacial score (nSPS) is 14.6. The molecule has 0 saturated carbocycles. The third kappa shape index (κ3) is 4.66. The van der Waals surface area contributed by atoms with Crippen LogP contribution < -0.4 is 5.32 Å². The number of aromatic nitrogens is 1. The van der Waals surface area contributed by atoms with E-state index in [0.29, 0.717) is 25.2 Å². The molecule has 1 fully saturated rings. The van der Waals surface area contributed by atoms with Crippen LogP contribution in [0.5, 0.6) is 0 Å². The quantitative estimate of drug-likeness (QED) is 0.644. The van der Waals surface area contributed by atoms with Crippen LogP contribution in [0, 0.1) is 16.0 Å². The van der Waals surface area contributed by atoms with E-state index in [1.807, 2.05) is 0 Å². The van der Waals surface area contributed by atoms with Crippen molar-refractivity contribution in [2.75, 3.05) is 19.6 Å². The summed E-state index contributed by atoms with van der Waals surface area (Å²) in [4.78, 5) is 40.7. The van der Waals surface area contributed by atoms with Crippen molar-refractivity contribution in [3.8, 4) is 0 Å². The van der Waals surface area contributed by atoms with E-state index >= 15 is 0 Å². The summed E-state index contributed by atoms with van der Waals surface area (Å²) in [7, 11) is 0. The summed E-state index contributed by atoms with van der Waals surface area (Å²) in [6.45, 7) is 1.74. The maximum atomic E-state index is 12.4. The number of carbonyl (C=O) groups is 2. The number of benzene rings is 1. The molecule has 1 aliphatic heterocycles. The number of nitro groups is 1. The third-order valence-corrected chi connectivity index (χ3v) is 4.68. The number of likely N-dealkylation sites (tertiary alicyclic amines) is 1. The predicted octanol–water partition coefficient (Wildman–Crippen LogP) is 2.27. The number of carbonyl (C=O) groups excluding carboxylic acids is 2. The van der Waals surface area contributed by atoms with Gasteiger partial charge in [0.1, 0.15) is 0 Å². The van der Waals surface area contributed by atoms with Gasteiger partial charge < -0.3 is 10.2 Å². The van der Waals surface area contributed by atoms with Crippen molar-refractivity contribution in [2.45, 2.75) is 12.8 Å². The van der Waals surface area contributed by atoms with Crippen molar-refractivity contribution in [3.05, 3.63) is 70.0 Å². The standard InChI is InChI=1S/C19H20N4O4/c24-18(15-3-1-5-17(11-15)23(26)27)21-12-14-6-9-22(10-7-14)19(25)16-4-2-8-20-13-16/h1-5,8,11,13-14H,6-7,9-10,12H2,(H,21,24). The first-order valence-electron chi connectivity index (χ1n) is 8.76. The van der Waals surface area contributed by atoms with Gasteiger partial charge in [-0.1, -0.05) is 6.07 Å². The summed E-state index contributed by atoms with van der Waals surface area (Å²) >= 11 is 0. The van der Waals surface area contributed by atoms with E-state index in [0.717, 1.165) is 12.8 Å². The van der Waals surface area contributed by atoms with Crippen LogP contribution in [0.25, 0.3) is 0 Å². The first kappa shape index (κ1) is 18.5. The fraction of sp³-hybridized carbons (Fsp3) is 0.316. The second kappa shape index (κ2) is 8.39. The molecule has 3 rings (SSSR count). The molecule has 2 heterocycles. The zero-order chi connectivity index (χ0) is 19.2. The summed E-state index contributed by atoms with van der Waals surface area (Å²) in [6, 6.07) is 9.16. The lowest BCUT2D eigenvalue weighted by molar-refractivity contribution is -0.384. The lowest BCUT2D eigenvalue weighted by Crippen LogP contribution is -2.41. The molecular weight excluding hydrogens is 348 g/mol. The molecule has 0 unspecified atom stereocenters. The van der Waals surface area contributed by atoms with Crippen molar-refractivity contribution in [3.63, 3.8) is 0 Å². The third-order valence-electron chi connectivity index (χ3n) is 4.68. The summed E-state index contributed by atoms with van der Waals surface area (Å²) in [6.07, 6.45) is 4.78. The molecule has 27 heavy (non-hydrogen) atoms. The molecule has 0 aliphatic carbocycles. The number of rotatable bonds is 5. The molecule has 2 aromatic rings. The van der Waals surface area contributed by atoms with Crippen molar-refractivity contribution in [1.29, 1.82) is 0 Å². The average Bonchev–Trinajstić information content (AvgIpc) is 2.72. The minimum atomic E-state index is -0.522. The Bertz CT molecular complexity index is 833. The van der Waals surface area contributed by atoms with E-state index in [-0.39, 0.29) is 29.0 Å². The van der Waals surface area contributed by atoms with Crippen molar-refractivity contribution < 1.29 is 14.5 Å². The second-order valence-electron chi connectivity index (χ2n) is 6.49. The van der Waals surface area contributed by atoms with Crippen LogP contribution in [0.15, 0.2) is 48.8 Å². The van der Waals surface area contributed by atoms with Crippen LogP contribution >= 0.6 is 0 Å². The van der Waals surface area contributed by atoms with Crippen molar-refractivity contribution in [2.24, 2.45) is 5.92 Å². The Balaban J connectivity index is 1.48. The lowest BCUT2D eigenvalue weighted by Gasteiger charge is -2.32. The highest BCUT2D eigenvalue weighted by Crippen LogP contribution is 2.19. The molecular formula is C19H20N4O4. The van der Waals surface area contributed by atoms with Gasteiger partial charge in [0.05, 0.1) is 10.5 Å². The first-order chi connectivity index (χ1) is 13.0. The van der Waals surface area contributed by atoms with Crippen LogP contribution in [-0.4, -0.2) is 46.3 Å². The number of amides is 2. The van der Waals surface area contributed by atoms with Crippen molar-refractivity contribution >= 4 is 17.5 Å². The Morgan fingerprint density at radius 2 is 1.93 bits per heavy atom. The maximum absolute atomic E-state index is 12.4. The van der Waals surface area contributed by atoms with Gasteiger partial charge in [0.25, 0.3) is 17.5 Å². The second-order valence-corrected chi connectivity index (χ2v) is 6.49. The monoisotopic (exact) mass is 368 g/mol. The Morgan fingerprint density at radius 3 is 2.59 bits per heavy atom. The van der Waals surface area contributed by atoms with Gasteiger partial charge in [-0.2, -0.15) is 0 Å².